The van der Waals surface area contributed by atoms with Crippen LogP contribution in [0.25, 0.3) is 0 Å². The van der Waals surface area contributed by atoms with Gasteiger partial charge >= 0.3 is 5.97 Å². The molecule has 0 aliphatic heterocycles. The minimum Gasteiger partial charge on any atom is -0.478 e. The van der Waals surface area contributed by atoms with Gasteiger partial charge in [-0.05, 0) is 30.7 Å². The summed E-state index contributed by atoms with van der Waals surface area (Å²) < 4.78 is 1.83. The van der Waals surface area contributed by atoms with Crippen LogP contribution in [0.1, 0.15) is 21.6 Å². The van der Waals surface area contributed by atoms with Gasteiger partial charge in [-0.15, -0.1) is 11.8 Å². The number of aryl methyl sites for hydroxylation is 2. The van der Waals surface area contributed by atoms with Crippen LogP contribution >= 0.6 is 11.8 Å². The van der Waals surface area contributed by atoms with Crippen molar-refractivity contribution < 1.29 is 9.90 Å². The molecule has 1 N–H and O–H groups in total. The van der Waals surface area contributed by atoms with Gasteiger partial charge in [-0.25, -0.2) is 4.79 Å². The Labute approximate surface area is 110 Å². The molecule has 1 heterocycles. The number of hydrogen-bond donors (Lipinski definition) is 1. The van der Waals surface area contributed by atoms with Crippen LogP contribution in [-0.2, 0) is 12.8 Å². The number of thioether (sulfide) groups is 1. The Morgan fingerprint density at radius 3 is 2.83 bits per heavy atom. The van der Waals surface area contributed by atoms with Crippen molar-refractivity contribution in [3.8, 4) is 0 Å². The van der Waals surface area contributed by atoms with Crippen LogP contribution in [0.4, 0.5) is 0 Å². The molecule has 0 bridgehead atoms. The number of carboxylic acid groups (broad SMARTS) is 1. The predicted molar refractivity (Wildman–Crippen MR) is 70.9 cm³/mol. The Morgan fingerprint density at radius 2 is 2.22 bits per heavy atom. The third-order valence-corrected chi connectivity index (χ3v) is 3.68. The third kappa shape index (κ3) is 2.92. The minimum absolute atomic E-state index is 0.328. The van der Waals surface area contributed by atoms with E-state index in [-0.39, 0.29) is 0 Å². The third-order valence-electron chi connectivity index (χ3n) is 2.52. The number of aromatic nitrogens is 2. The lowest BCUT2D eigenvalue weighted by molar-refractivity contribution is 0.0697. The van der Waals surface area contributed by atoms with Gasteiger partial charge in [0.05, 0.1) is 16.3 Å². The van der Waals surface area contributed by atoms with Crippen LogP contribution in [0.15, 0.2) is 35.4 Å². The molecule has 0 aliphatic rings. The van der Waals surface area contributed by atoms with Crippen molar-refractivity contribution in [2.75, 3.05) is 0 Å². The maximum Gasteiger partial charge on any atom is 0.335 e. The maximum atomic E-state index is 10.9. The standard InChI is InChI=1S/C13H14N2O2S/c1-9-6-12(15(2)14-9)18-8-10-4-3-5-11(7-10)13(16)17/h3-7H,8H2,1-2H3,(H,16,17). The molecule has 0 saturated heterocycles. The molecule has 18 heavy (non-hydrogen) atoms. The zero-order valence-corrected chi connectivity index (χ0v) is 11.1. The van der Waals surface area contributed by atoms with Gasteiger partial charge in [0.2, 0.25) is 0 Å². The van der Waals surface area contributed by atoms with Crippen molar-refractivity contribution in [3.63, 3.8) is 0 Å². The van der Waals surface area contributed by atoms with Crippen molar-refractivity contribution in [1.29, 1.82) is 0 Å². The fourth-order valence-corrected chi connectivity index (χ4v) is 2.65. The van der Waals surface area contributed by atoms with E-state index < -0.39 is 5.97 Å². The smallest absolute Gasteiger partial charge is 0.335 e. The van der Waals surface area contributed by atoms with E-state index in [9.17, 15) is 4.79 Å². The van der Waals surface area contributed by atoms with Gasteiger partial charge in [0.15, 0.2) is 0 Å². The number of aromatic carboxylic acids is 1. The summed E-state index contributed by atoms with van der Waals surface area (Å²) in [4.78, 5) is 10.9. The molecule has 2 aromatic rings. The number of hydrogen-bond acceptors (Lipinski definition) is 3. The Bertz CT molecular complexity index is 578. The molecule has 0 atom stereocenters. The molecule has 5 heteroatoms. The van der Waals surface area contributed by atoms with Crippen LogP contribution in [0.2, 0.25) is 0 Å². The van der Waals surface area contributed by atoms with E-state index >= 15 is 0 Å². The summed E-state index contributed by atoms with van der Waals surface area (Å²) in [6, 6.07) is 9.03. The van der Waals surface area contributed by atoms with Gasteiger partial charge in [-0.2, -0.15) is 5.10 Å². The van der Waals surface area contributed by atoms with Crippen molar-refractivity contribution in [2.45, 2.75) is 17.7 Å². The van der Waals surface area contributed by atoms with Crippen molar-refractivity contribution in [2.24, 2.45) is 7.05 Å². The molecule has 1 aromatic heterocycles. The number of carboxylic acids is 1. The zero-order valence-electron chi connectivity index (χ0n) is 10.3. The summed E-state index contributed by atoms with van der Waals surface area (Å²) in [5.74, 6) is -0.154. The summed E-state index contributed by atoms with van der Waals surface area (Å²) in [5, 5.41) is 14.3. The summed E-state index contributed by atoms with van der Waals surface area (Å²) in [6.07, 6.45) is 0. The molecule has 0 radical (unpaired) electrons. The highest BCUT2D eigenvalue weighted by atomic mass is 32.2. The van der Waals surface area contributed by atoms with E-state index in [1.165, 1.54) is 0 Å². The van der Waals surface area contributed by atoms with Gasteiger partial charge in [0.1, 0.15) is 0 Å². The average molecular weight is 262 g/mol. The topological polar surface area (TPSA) is 55.1 Å². The lowest BCUT2D eigenvalue weighted by Gasteiger charge is -2.03. The van der Waals surface area contributed by atoms with Crippen LogP contribution in [0.5, 0.6) is 0 Å². The first-order chi connectivity index (χ1) is 8.56. The van der Waals surface area contributed by atoms with Crippen LogP contribution in [-0.4, -0.2) is 20.9 Å². The first kappa shape index (κ1) is 12.7. The quantitative estimate of drug-likeness (QED) is 0.861. The normalized spacial score (nSPS) is 10.6. The second-order valence-corrected chi connectivity index (χ2v) is 5.04. The predicted octanol–water partition coefficient (Wildman–Crippen LogP) is 2.72. The van der Waals surface area contributed by atoms with Gasteiger partial charge in [0, 0.05) is 12.8 Å². The largest absolute Gasteiger partial charge is 0.478 e. The van der Waals surface area contributed by atoms with Crippen LogP contribution in [0.3, 0.4) is 0 Å². The summed E-state index contributed by atoms with van der Waals surface area (Å²) in [7, 11) is 1.91. The highest BCUT2D eigenvalue weighted by Crippen LogP contribution is 2.23. The number of carbonyl (C=O) groups is 1. The molecule has 0 saturated carbocycles. The number of rotatable bonds is 4. The molecular formula is C13H14N2O2S. The molecule has 2 rings (SSSR count). The molecule has 1 aromatic carbocycles. The van der Waals surface area contributed by atoms with E-state index in [1.54, 1.807) is 30.0 Å². The maximum absolute atomic E-state index is 10.9. The second-order valence-electron chi connectivity index (χ2n) is 4.04. The Hall–Kier alpha value is -1.75. The van der Waals surface area contributed by atoms with E-state index in [4.69, 9.17) is 5.11 Å². The molecule has 0 unspecified atom stereocenters. The van der Waals surface area contributed by atoms with E-state index in [2.05, 4.69) is 5.10 Å². The molecule has 4 nitrogen and oxygen atoms in total. The first-order valence-corrected chi connectivity index (χ1v) is 6.50. The van der Waals surface area contributed by atoms with Crippen LogP contribution < -0.4 is 0 Å². The van der Waals surface area contributed by atoms with E-state index in [1.807, 2.05) is 30.8 Å². The molecule has 0 spiro atoms. The van der Waals surface area contributed by atoms with Gasteiger partial charge < -0.3 is 5.11 Å². The van der Waals surface area contributed by atoms with Gasteiger partial charge in [0.25, 0.3) is 0 Å². The lowest BCUT2D eigenvalue weighted by Crippen LogP contribution is -1.97. The summed E-state index contributed by atoms with van der Waals surface area (Å²) in [5.41, 5.74) is 2.31. The highest BCUT2D eigenvalue weighted by molar-refractivity contribution is 7.98. The zero-order chi connectivity index (χ0) is 13.1. The Kier molecular flexibility index (Phi) is 3.72. The fraction of sp³-hybridized carbons (Fsp3) is 0.231. The van der Waals surface area contributed by atoms with Gasteiger partial charge in [-0.1, -0.05) is 12.1 Å². The molecular weight excluding hydrogens is 248 g/mol. The average Bonchev–Trinajstić information content (AvgIpc) is 2.65. The monoisotopic (exact) mass is 262 g/mol. The lowest BCUT2D eigenvalue weighted by atomic mass is 10.1. The summed E-state index contributed by atoms with van der Waals surface area (Å²) >= 11 is 1.65. The van der Waals surface area contributed by atoms with Crippen molar-refractivity contribution in [1.82, 2.24) is 9.78 Å². The summed E-state index contributed by atoms with van der Waals surface area (Å²) in [6.45, 7) is 1.95. The van der Waals surface area contributed by atoms with Gasteiger partial charge in [-0.3, -0.25) is 4.68 Å². The SMILES string of the molecule is Cc1cc(SCc2cccc(C(=O)O)c2)n(C)n1. The number of nitrogens with zero attached hydrogens (tertiary/aromatic N) is 2. The second kappa shape index (κ2) is 5.27. The van der Waals surface area contributed by atoms with E-state index in [0.29, 0.717) is 5.56 Å². The van der Waals surface area contributed by atoms with Crippen molar-refractivity contribution in [3.05, 3.63) is 47.2 Å². The fourth-order valence-electron chi connectivity index (χ4n) is 1.67. The van der Waals surface area contributed by atoms with Crippen molar-refractivity contribution >= 4 is 17.7 Å². The molecule has 0 fully saturated rings. The minimum atomic E-state index is -0.891. The Balaban J connectivity index is 2.08. The van der Waals surface area contributed by atoms with E-state index in [0.717, 1.165) is 22.0 Å². The Morgan fingerprint density at radius 1 is 1.44 bits per heavy atom. The van der Waals surface area contributed by atoms with Crippen LogP contribution in [0, 0.1) is 6.92 Å². The molecule has 0 aliphatic carbocycles. The first-order valence-electron chi connectivity index (χ1n) is 5.52. The molecule has 0 amide bonds. The highest BCUT2D eigenvalue weighted by Gasteiger charge is 2.06. The molecule has 94 valence electrons. The number of benzene rings is 1.